The van der Waals surface area contributed by atoms with Crippen molar-refractivity contribution in [3.8, 4) is 0 Å². The van der Waals surface area contributed by atoms with E-state index in [1.165, 1.54) is 46.9 Å². The minimum Gasteiger partial charge on any atom is -0.421 e. The van der Waals surface area contributed by atoms with Crippen molar-refractivity contribution in [1.29, 1.82) is 0 Å². The summed E-state index contributed by atoms with van der Waals surface area (Å²) in [4.78, 5) is 29.0. The van der Waals surface area contributed by atoms with Crippen molar-refractivity contribution in [1.82, 2.24) is 20.3 Å². The molecule has 0 saturated carbocycles. The second-order valence-corrected chi connectivity index (χ2v) is 14.9. The fourth-order valence-electron chi connectivity index (χ4n) is 5.03. The van der Waals surface area contributed by atoms with E-state index in [1.54, 1.807) is 0 Å². The minimum atomic E-state index is -6.72. The van der Waals surface area contributed by atoms with E-state index in [1.807, 2.05) is 30.0 Å². The summed E-state index contributed by atoms with van der Waals surface area (Å²) in [5, 5.41) is 3.66. The Morgan fingerprint density at radius 1 is 0.898 bits per heavy atom. The molecule has 1 saturated heterocycles. The minimum absolute atomic E-state index is 0.0719. The highest BCUT2D eigenvalue weighted by Crippen LogP contribution is 2.36. The molecule has 2 N–H and O–H groups in total. The van der Waals surface area contributed by atoms with E-state index in [2.05, 4.69) is 42.7 Å². The molecule has 3 rings (SSSR count). The summed E-state index contributed by atoms with van der Waals surface area (Å²) >= 11 is 0. The fourth-order valence-corrected chi connectivity index (χ4v) is 6.74. The predicted molar refractivity (Wildman–Crippen MR) is 169 cm³/mol. The molecule has 2 heterocycles. The van der Waals surface area contributed by atoms with Crippen LogP contribution in [0.1, 0.15) is 77.7 Å². The topological polar surface area (TPSA) is 143 Å². The van der Waals surface area contributed by atoms with E-state index in [0.29, 0.717) is 19.5 Å². The van der Waals surface area contributed by atoms with Crippen molar-refractivity contribution in [3.05, 3.63) is 51.9 Å². The maximum Gasteiger partial charge on any atom is 0.480 e. The normalized spacial score (nSPS) is 18.8. The van der Waals surface area contributed by atoms with Gasteiger partial charge in [-0.25, -0.2) is 26.6 Å². The number of nitrogens with zero attached hydrogens (tertiary/aromatic N) is 4. The molecular formula is C29H44F6N6O6S2. The smallest absolute Gasteiger partial charge is 0.421 e. The van der Waals surface area contributed by atoms with E-state index in [-0.39, 0.29) is 18.0 Å². The summed E-state index contributed by atoms with van der Waals surface area (Å²) < 4.78 is 109. The zero-order valence-electron chi connectivity index (χ0n) is 27.6. The van der Waals surface area contributed by atoms with Crippen LogP contribution in [0, 0.1) is 0 Å². The lowest BCUT2D eigenvalue weighted by Gasteiger charge is -2.22. The number of nitrogens with one attached hydrogen (secondary N) is 2. The molecule has 2 atom stereocenters. The number of unbranched alkanes of at least 4 members (excludes halogenated alkanes) is 3. The molecule has 0 aliphatic carbocycles. The van der Waals surface area contributed by atoms with Gasteiger partial charge >= 0.3 is 17.0 Å². The lowest BCUT2D eigenvalue weighted by Crippen LogP contribution is -3.14. The van der Waals surface area contributed by atoms with Crippen LogP contribution in [0.3, 0.4) is 0 Å². The summed E-state index contributed by atoms with van der Waals surface area (Å²) in [6, 6.07) is 9.96. The lowest BCUT2D eigenvalue weighted by atomic mass is 10.1. The molecule has 49 heavy (non-hydrogen) atoms. The molecule has 0 spiro atoms. The Balaban J connectivity index is 0.000000469. The number of allylic oxidation sites excluding steroid dienone is 1. The quantitative estimate of drug-likeness (QED) is 0.185. The maximum absolute atomic E-state index is 13.1. The number of halogens is 6. The van der Waals surface area contributed by atoms with Gasteiger partial charge in [0.25, 0.3) is 0 Å². The summed E-state index contributed by atoms with van der Waals surface area (Å²) in [6.07, 6.45) is 11.2. The molecule has 1 aromatic carbocycles. The van der Waals surface area contributed by atoms with E-state index in [9.17, 15) is 52.8 Å². The molecule has 3 amide bonds. The van der Waals surface area contributed by atoms with E-state index in [0.717, 1.165) is 42.9 Å². The number of urea groups is 1. The Morgan fingerprint density at radius 3 is 2.02 bits per heavy atom. The van der Waals surface area contributed by atoms with Gasteiger partial charge in [0.2, 0.25) is 5.91 Å². The number of benzene rings is 1. The van der Waals surface area contributed by atoms with Gasteiger partial charge in [-0.05, 0) is 44.1 Å². The van der Waals surface area contributed by atoms with Crippen LogP contribution in [0.5, 0.6) is 0 Å². The van der Waals surface area contributed by atoms with Crippen molar-refractivity contribution in [2.45, 2.75) is 95.6 Å². The number of hydrogen-bond donors (Lipinski definition) is 2. The van der Waals surface area contributed by atoms with E-state index < -0.39 is 31.1 Å². The van der Waals surface area contributed by atoms with Crippen LogP contribution >= 0.6 is 0 Å². The highest BCUT2D eigenvalue weighted by atomic mass is 32.3. The number of amides is 3. The fraction of sp³-hybridized carbons (Fsp3) is 0.655. The van der Waals surface area contributed by atoms with Crippen LogP contribution in [-0.2, 0) is 31.3 Å². The standard InChI is InChI=1S/C27H43N5O2.C2F6NO4S2/c1-4-7-18-30-22-24(31(28-30)19-8-5-2)16-12-13-17-29-21-25(20-23-14-10-9-11-15-23)32(27(29)34)26(33)6-3;3-1(4,5)14(10,11)9-15(12,13)2(6,7)8/h9-11,14-15,22,25,28H,4-8,12-13,16-21H2,1-3H3;/q;-1/p+1/t25-;/m0./s1. The zero-order chi connectivity index (χ0) is 37.0. The van der Waals surface area contributed by atoms with Crippen molar-refractivity contribution < 1.29 is 57.8 Å². The van der Waals surface area contributed by atoms with Crippen LogP contribution in [0.2, 0.25) is 0 Å². The molecule has 1 fully saturated rings. The average Bonchev–Trinajstić information content (AvgIpc) is 3.54. The third-order valence-corrected chi connectivity index (χ3v) is 10.3. The monoisotopic (exact) mass is 750 g/mol. The van der Waals surface area contributed by atoms with Gasteiger partial charge in [-0.15, -0.1) is 0 Å². The van der Waals surface area contributed by atoms with Gasteiger partial charge in [-0.3, -0.25) is 14.7 Å². The number of imide groups is 1. The van der Waals surface area contributed by atoms with Crippen molar-refractivity contribution in [3.63, 3.8) is 0 Å². The Bertz CT molecular complexity index is 1430. The average molecular weight is 751 g/mol. The number of carbonyl (C=O) groups excluding carboxylic acids is 2. The van der Waals surface area contributed by atoms with Crippen LogP contribution in [0.25, 0.3) is 4.13 Å². The summed E-state index contributed by atoms with van der Waals surface area (Å²) in [5.41, 5.74) is -6.27. The van der Waals surface area contributed by atoms with Crippen LogP contribution < -0.4 is 10.5 Å². The second-order valence-electron chi connectivity index (χ2n) is 11.4. The molecule has 12 nitrogen and oxygen atoms in total. The number of hydrazine groups is 1. The van der Waals surface area contributed by atoms with Gasteiger partial charge < -0.3 is 9.03 Å². The van der Waals surface area contributed by atoms with Gasteiger partial charge in [-0.1, -0.05) is 69.5 Å². The number of carbonyl (C=O) groups is 2. The summed E-state index contributed by atoms with van der Waals surface area (Å²) in [6.45, 7) is 9.77. The molecule has 0 radical (unpaired) electrons. The molecule has 1 aromatic rings. The predicted octanol–water partition coefficient (Wildman–Crippen LogP) is 4.56. The Labute approximate surface area is 283 Å². The molecule has 2 aliphatic rings. The molecular weight excluding hydrogens is 706 g/mol. The van der Waals surface area contributed by atoms with E-state index in [4.69, 9.17) is 0 Å². The van der Waals surface area contributed by atoms with Gasteiger partial charge in [0.1, 0.15) is 12.7 Å². The number of sulfonamides is 2. The second kappa shape index (κ2) is 18.3. The van der Waals surface area contributed by atoms with Crippen LogP contribution in [0.4, 0.5) is 31.1 Å². The van der Waals surface area contributed by atoms with Crippen LogP contribution in [0.15, 0.2) is 42.2 Å². The molecule has 0 bridgehead atoms. The van der Waals surface area contributed by atoms with E-state index >= 15 is 0 Å². The number of quaternary nitrogens is 1. The molecule has 280 valence electrons. The molecule has 20 heteroatoms. The highest BCUT2D eigenvalue weighted by Gasteiger charge is 2.47. The maximum atomic E-state index is 13.1. The summed E-state index contributed by atoms with van der Waals surface area (Å²) in [7, 11) is -13.4. The van der Waals surface area contributed by atoms with Gasteiger partial charge in [0.05, 0.1) is 11.7 Å². The molecule has 1 unspecified atom stereocenters. The van der Waals surface area contributed by atoms with Gasteiger partial charge in [0.15, 0.2) is 20.0 Å². The first kappa shape index (κ1) is 42.2. The first-order valence-corrected chi connectivity index (χ1v) is 18.8. The Kier molecular flexibility index (Phi) is 15.8. The Morgan fingerprint density at radius 2 is 1.49 bits per heavy atom. The zero-order valence-corrected chi connectivity index (χ0v) is 29.2. The molecule has 2 aliphatic heterocycles. The molecule has 0 aromatic heterocycles. The first-order valence-electron chi connectivity index (χ1n) is 15.9. The third-order valence-electron chi connectivity index (χ3n) is 7.55. The van der Waals surface area contributed by atoms with Crippen molar-refractivity contribution >= 4 is 32.0 Å². The number of hydrogen-bond acceptors (Lipinski definition) is 8. The largest absolute Gasteiger partial charge is 0.480 e. The number of alkyl halides is 6. The third kappa shape index (κ3) is 12.4. The highest BCUT2D eigenvalue weighted by molar-refractivity contribution is 8.13. The van der Waals surface area contributed by atoms with Crippen molar-refractivity contribution in [2.75, 3.05) is 26.2 Å². The van der Waals surface area contributed by atoms with Gasteiger partial charge in [0, 0.05) is 26.1 Å². The Hall–Kier alpha value is -2.94. The van der Waals surface area contributed by atoms with Crippen LogP contribution in [-0.4, -0.2) is 86.8 Å². The SMILES string of the molecule is CCCCN1N[NH+](CCCC)C=C1CCCCN1C[C@H](Cc2ccccc2)N(C(=O)CC)C1=O.O=S(=O)([N-]S(=O)(=O)C(F)(F)F)C(F)(F)F. The lowest BCUT2D eigenvalue weighted by molar-refractivity contribution is -0.901. The first-order chi connectivity index (χ1) is 22.8. The van der Waals surface area contributed by atoms with Gasteiger partial charge in [-0.2, -0.15) is 26.3 Å². The summed E-state index contributed by atoms with van der Waals surface area (Å²) in [5.74, 6) is -0.0719. The van der Waals surface area contributed by atoms with Crippen molar-refractivity contribution in [2.24, 2.45) is 0 Å². The number of rotatable bonds is 16.